The summed E-state index contributed by atoms with van der Waals surface area (Å²) in [6.45, 7) is 5.24. The molecule has 98 valence electrons. The zero-order valence-corrected chi connectivity index (χ0v) is 11.4. The summed E-state index contributed by atoms with van der Waals surface area (Å²) >= 11 is 0. The van der Waals surface area contributed by atoms with Gasteiger partial charge in [-0.3, -0.25) is 0 Å². The summed E-state index contributed by atoms with van der Waals surface area (Å²) < 4.78 is 10.2. The molecule has 0 spiro atoms. The van der Waals surface area contributed by atoms with Gasteiger partial charge in [-0.1, -0.05) is 39.0 Å². The molecule has 16 heavy (non-hydrogen) atoms. The minimum absolute atomic E-state index is 0.123. The quantitative estimate of drug-likeness (QED) is 0.438. The van der Waals surface area contributed by atoms with Crippen LogP contribution >= 0.6 is 0 Å². The van der Waals surface area contributed by atoms with Crippen LogP contribution in [-0.2, 0) is 9.47 Å². The summed E-state index contributed by atoms with van der Waals surface area (Å²) in [6.07, 6.45) is 7.86. The van der Waals surface area contributed by atoms with E-state index in [2.05, 4.69) is 19.2 Å². The SMILES string of the molecule is CCCCCCCC(C)NCC(OC)OC. The van der Waals surface area contributed by atoms with Crippen molar-refractivity contribution in [3.05, 3.63) is 0 Å². The van der Waals surface area contributed by atoms with E-state index in [-0.39, 0.29) is 6.29 Å². The maximum atomic E-state index is 5.12. The molecule has 3 nitrogen and oxygen atoms in total. The number of nitrogens with one attached hydrogen (secondary N) is 1. The predicted molar refractivity (Wildman–Crippen MR) is 68.6 cm³/mol. The van der Waals surface area contributed by atoms with Crippen LogP contribution in [0.4, 0.5) is 0 Å². The van der Waals surface area contributed by atoms with Crippen molar-refractivity contribution >= 4 is 0 Å². The molecule has 0 amide bonds. The van der Waals surface area contributed by atoms with E-state index in [1.54, 1.807) is 14.2 Å². The maximum absolute atomic E-state index is 5.12. The number of ether oxygens (including phenoxy) is 2. The zero-order chi connectivity index (χ0) is 12.2. The molecule has 0 aliphatic rings. The fraction of sp³-hybridized carbons (Fsp3) is 1.00. The van der Waals surface area contributed by atoms with Gasteiger partial charge in [-0.05, 0) is 13.3 Å². The maximum Gasteiger partial charge on any atom is 0.169 e. The highest BCUT2D eigenvalue weighted by molar-refractivity contribution is 4.62. The van der Waals surface area contributed by atoms with Gasteiger partial charge in [-0.2, -0.15) is 0 Å². The molecule has 0 aromatic rings. The van der Waals surface area contributed by atoms with E-state index in [1.807, 2.05) is 0 Å². The van der Waals surface area contributed by atoms with Gasteiger partial charge in [0.2, 0.25) is 0 Å². The van der Waals surface area contributed by atoms with Gasteiger partial charge < -0.3 is 14.8 Å². The molecular weight excluding hydrogens is 202 g/mol. The minimum Gasteiger partial charge on any atom is -0.355 e. The fourth-order valence-electron chi connectivity index (χ4n) is 1.72. The molecule has 1 atom stereocenters. The standard InChI is InChI=1S/C13H29NO2/c1-5-6-7-8-9-10-12(2)14-11-13(15-3)16-4/h12-14H,5-11H2,1-4H3. The Balaban J connectivity index is 3.33. The van der Waals surface area contributed by atoms with Gasteiger partial charge in [0, 0.05) is 26.8 Å². The number of hydrogen-bond acceptors (Lipinski definition) is 3. The molecule has 0 radical (unpaired) electrons. The molecule has 0 aliphatic carbocycles. The van der Waals surface area contributed by atoms with Crippen LogP contribution in [0.5, 0.6) is 0 Å². The highest BCUT2D eigenvalue weighted by Crippen LogP contribution is 2.07. The largest absolute Gasteiger partial charge is 0.355 e. The van der Waals surface area contributed by atoms with Gasteiger partial charge >= 0.3 is 0 Å². The lowest BCUT2D eigenvalue weighted by atomic mass is 10.1. The van der Waals surface area contributed by atoms with Crippen molar-refractivity contribution in [2.45, 2.75) is 64.7 Å². The van der Waals surface area contributed by atoms with E-state index in [0.29, 0.717) is 6.04 Å². The Bertz CT molecular complexity index is 138. The van der Waals surface area contributed by atoms with Crippen LogP contribution < -0.4 is 5.32 Å². The first-order chi connectivity index (χ1) is 7.74. The second-order valence-electron chi connectivity index (χ2n) is 4.41. The molecule has 0 aromatic carbocycles. The lowest BCUT2D eigenvalue weighted by Gasteiger charge is -2.18. The Morgan fingerprint density at radius 1 is 1.00 bits per heavy atom. The molecule has 0 fully saturated rings. The molecule has 0 saturated carbocycles. The Hall–Kier alpha value is -0.120. The molecule has 0 bridgehead atoms. The summed E-state index contributed by atoms with van der Waals surface area (Å²) in [5, 5.41) is 3.43. The van der Waals surface area contributed by atoms with Crippen LogP contribution in [0, 0.1) is 0 Å². The average molecular weight is 231 g/mol. The molecular formula is C13H29NO2. The summed E-state index contributed by atoms with van der Waals surface area (Å²) in [5.74, 6) is 0. The fourth-order valence-corrected chi connectivity index (χ4v) is 1.72. The Labute approximate surface area is 101 Å². The smallest absolute Gasteiger partial charge is 0.169 e. The van der Waals surface area contributed by atoms with E-state index in [1.165, 1.54) is 38.5 Å². The van der Waals surface area contributed by atoms with Crippen molar-refractivity contribution in [1.29, 1.82) is 0 Å². The molecule has 0 saturated heterocycles. The normalized spacial score (nSPS) is 13.3. The van der Waals surface area contributed by atoms with Crippen molar-refractivity contribution < 1.29 is 9.47 Å². The van der Waals surface area contributed by atoms with Crippen molar-refractivity contribution in [2.75, 3.05) is 20.8 Å². The topological polar surface area (TPSA) is 30.5 Å². The van der Waals surface area contributed by atoms with Gasteiger partial charge in [0.25, 0.3) is 0 Å². The van der Waals surface area contributed by atoms with E-state index < -0.39 is 0 Å². The summed E-state index contributed by atoms with van der Waals surface area (Å²) in [4.78, 5) is 0. The van der Waals surface area contributed by atoms with Gasteiger partial charge in [0.1, 0.15) is 0 Å². The average Bonchev–Trinajstić information content (AvgIpc) is 2.30. The van der Waals surface area contributed by atoms with Crippen LogP contribution in [0.1, 0.15) is 52.4 Å². The van der Waals surface area contributed by atoms with E-state index in [4.69, 9.17) is 9.47 Å². The van der Waals surface area contributed by atoms with Gasteiger partial charge in [0.15, 0.2) is 6.29 Å². The minimum atomic E-state index is -0.123. The summed E-state index contributed by atoms with van der Waals surface area (Å²) in [7, 11) is 3.34. The van der Waals surface area contributed by atoms with Crippen LogP contribution in [0.15, 0.2) is 0 Å². The van der Waals surface area contributed by atoms with Crippen molar-refractivity contribution in [3.63, 3.8) is 0 Å². The lowest BCUT2D eigenvalue weighted by Crippen LogP contribution is -2.35. The molecule has 1 unspecified atom stereocenters. The van der Waals surface area contributed by atoms with Crippen LogP contribution in [-0.4, -0.2) is 33.1 Å². The van der Waals surface area contributed by atoms with Gasteiger partial charge in [-0.25, -0.2) is 0 Å². The van der Waals surface area contributed by atoms with Crippen molar-refractivity contribution in [3.8, 4) is 0 Å². The van der Waals surface area contributed by atoms with Crippen LogP contribution in [0.2, 0.25) is 0 Å². The first-order valence-electron chi connectivity index (χ1n) is 6.53. The first kappa shape index (κ1) is 15.9. The molecule has 0 aromatic heterocycles. The predicted octanol–water partition coefficient (Wildman–Crippen LogP) is 2.94. The summed E-state index contributed by atoms with van der Waals surface area (Å²) in [5.41, 5.74) is 0. The Kier molecular flexibility index (Phi) is 11.3. The van der Waals surface area contributed by atoms with Gasteiger partial charge in [-0.15, -0.1) is 0 Å². The third-order valence-corrected chi connectivity index (χ3v) is 2.90. The second-order valence-corrected chi connectivity index (χ2v) is 4.41. The lowest BCUT2D eigenvalue weighted by molar-refractivity contribution is -0.0997. The van der Waals surface area contributed by atoms with Crippen LogP contribution in [0.25, 0.3) is 0 Å². The van der Waals surface area contributed by atoms with E-state index in [0.717, 1.165) is 6.54 Å². The first-order valence-corrected chi connectivity index (χ1v) is 6.53. The summed E-state index contributed by atoms with van der Waals surface area (Å²) in [6, 6.07) is 0.550. The highest BCUT2D eigenvalue weighted by atomic mass is 16.7. The molecule has 0 aliphatic heterocycles. The van der Waals surface area contributed by atoms with Gasteiger partial charge in [0.05, 0.1) is 0 Å². The third kappa shape index (κ3) is 9.13. The number of hydrogen-bond donors (Lipinski definition) is 1. The third-order valence-electron chi connectivity index (χ3n) is 2.90. The number of unbranched alkanes of at least 4 members (excludes halogenated alkanes) is 4. The van der Waals surface area contributed by atoms with E-state index >= 15 is 0 Å². The van der Waals surface area contributed by atoms with Crippen molar-refractivity contribution in [2.24, 2.45) is 0 Å². The molecule has 0 heterocycles. The Morgan fingerprint density at radius 3 is 2.19 bits per heavy atom. The monoisotopic (exact) mass is 231 g/mol. The zero-order valence-electron chi connectivity index (χ0n) is 11.4. The molecule has 3 heteroatoms. The van der Waals surface area contributed by atoms with Crippen molar-refractivity contribution in [1.82, 2.24) is 5.32 Å². The molecule has 0 rings (SSSR count). The number of methoxy groups -OCH3 is 2. The molecule has 1 N–H and O–H groups in total. The van der Waals surface area contributed by atoms with Crippen LogP contribution in [0.3, 0.4) is 0 Å². The van der Waals surface area contributed by atoms with E-state index in [9.17, 15) is 0 Å². The second kappa shape index (κ2) is 11.4. The number of rotatable bonds is 11. The Morgan fingerprint density at radius 2 is 1.62 bits per heavy atom. The highest BCUT2D eigenvalue weighted by Gasteiger charge is 2.07.